The highest BCUT2D eigenvalue weighted by atomic mass is 16.5. The van der Waals surface area contributed by atoms with Gasteiger partial charge in [-0.05, 0) is 41.0 Å². The number of nitrogens with one attached hydrogen (secondary N) is 1. The van der Waals surface area contributed by atoms with E-state index in [4.69, 9.17) is 4.74 Å². The van der Waals surface area contributed by atoms with Crippen LogP contribution in [0.25, 0.3) is 5.69 Å². The van der Waals surface area contributed by atoms with Crippen molar-refractivity contribution in [2.75, 3.05) is 7.11 Å². The van der Waals surface area contributed by atoms with Gasteiger partial charge in [0.25, 0.3) is 0 Å². The van der Waals surface area contributed by atoms with Crippen molar-refractivity contribution in [1.82, 2.24) is 25.5 Å². The number of rotatable bonds is 6. The lowest BCUT2D eigenvalue weighted by Gasteiger charge is -2.07. The van der Waals surface area contributed by atoms with Crippen molar-refractivity contribution in [3.05, 3.63) is 35.7 Å². The largest absolute Gasteiger partial charge is 0.380 e. The fourth-order valence-electron chi connectivity index (χ4n) is 1.98. The molecule has 0 spiro atoms. The molecule has 100 valence electrons. The first-order valence-electron chi connectivity index (χ1n) is 6.45. The van der Waals surface area contributed by atoms with Crippen molar-refractivity contribution < 1.29 is 4.74 Å². The van der Waals surface area contributed by atoms with Crippen LogP contribution in [0.15, 0.2) is 24.3 Å². The molecule has 0 bridgehead atoms. The summed E-state index contributed by atoms with van der Waals surface area (Å²) in [6.45, 7) is 1.29. The van der Waals surface area contributed by atoms with Crippen molar-refractivity contribution in [2.45, 2.75) is 32.0 Å². The van der Waals surface area contributed by atoms with Gasteiger partial charge in [-0.25, -0.2) is 0 Å². The summed E-state index contributed by atoms with van der Waals surface area (Å²) in [5, 5.41) is 15.3. The summed E-state index contributed by atoms with van der Waals surface area (Å²) in [6.07, 6.45) is 2.51. The smallest absolute Gasteiger partial charge is 0.170 e. The number of hydrogen-bond donors (Lipinski definition) is 1. The Bertz CT molecular complexity index is 549. The third-order valence-corrected chi connectivity index (χ3v) is 3.13. The van der Waals surface area contributed by atoms with Gasteiger partial charge in [0.05, 0.1) is 18.8 Å². The Kier molecular flexibility index (Phi) is 3.52. The zero-order valence-electron chi connectivity index (χ0n) is 10.9. The molecule has 6 nitrogen and oxygen atoms in total. The number of aromatic nitrogens is 4. The lowest BCUT2D eigenvalue weighted by Crippen LogP contribution is -2.18. The van der Waals surface area contributed by atoms with E-state index in [2.05, 4.69) is 20.8 Å². The van der Waals surface area contributed by atoms with Crippen LogP contribution in [0.1, 0.15) is 24.2 Å². The van der Waals surface area contributed by atoms with Gasteiger partial charge in [0.1, 0.15) is 0 Å². The molecule has 1 saturated carbocycles. The number of benzene rings is 1. The molecule has 0 atom stereocenters. The summed E-state index contributed by atoms with van der Waals surface area (Å²) < 4.78 is 6.92. The minimum atomic E-state index is 0.589. The van der Waals surface area contributed by atoms with Crippen LogP contribution in [-0.4, -0.2) is 33.4 Å². The molecule has 1 N–H and O–H groups in total. The molecule has 0 aliphatic heterocycles. The van der Waals surface area contributed by atoms with E-state index >= 15 is 0 Å². The second kappa shape index (κ2) is 5.46. The van der Waals surface area contributed by atoms with E-state index in [9.17, 15) is 0 Å². The molecule has 0 radical (unpaired) electrons. The molecule has 1 heterocycles. The van der Waals surface area contributed by atoms with Gasteiger partial charge in [-0.2, -0.15) is 4.68 Å². The van der Waals surface area contributed by atoms with E-state index in [-0.39, 0.29) is 0 Å². The Morgan fingerprint density at radius 2 is 2.32 bits per heavy atom. The monoisotopic (exact) mass is 259 g/mol. The van der Waals surface area contributed by atoms with E-state index in [0.29, 0.717) is 19.2 Å². The van der Waals surface area contributed by atoms with Gasteiger partial charge in [0.2, 0.25) is 0 Å². The summed E-state index contributed by atoms with van der Waals surface area (Å²) >= 11 is 0. The average molecular weight is 259 g/mol. The molecule has 1 aliphatic carbocycles. The van der Waals surface area contributed by atoms with Crippen LogP contribution >= 0.6 is 0 Å². The van der Waals surface area contributed by atoms with E-state index in [0.717, 1.165) is 17.1 Å². The fourth-order valence-corrected chi connectivity index (χ4v) is 1.98. The molecule has 1 fully saturated rings. The Morgan fingerprint density at radius 3 is 3.11 bits per heavy atom. The second-order valence-corrected chi connectivity index (χ2v) is 4.77. The Balaban J connectivity index is 1.80. The van der Waals surface area contributed by atoms with Gasteiger partial charge in [0.15, 0.2) is 5.82 Å². The van der Waals surface area contributed by atoms with Crippen molar-refractivity contribution in [3.63, 3.8) is 0 Å². The van der Waals surface area contributed by atoms with E-state index in [1.165, 1.54) is 12.8 Å². The lowest BCUT2D eigenvalue weighted by molar-refractivity contribution is 0.185. The summed E-state index contributed by atoms with van der Waals surface area (Å²) in [5.41, 5.74) is 2.07. The molecule has 0 unspecified atom stereocenters. The van der Waals surface area contributed by atoms with Crippen molar-refractivity contribution in [1.29, 1.82) is 0 Å². The maximum atomic E-state index is 5.14. The topological polar surface area (TPSA) is 64.9 Å². The lowest BCUT2D eigenvalue weighted by atomic mass is 10.2. The van der Waals surface area contributed by atoms with Crippen LogP contribution in [0.5, 0.6) is 0 Å². The molecular weight excluding hydrogens is 242 g/mol. The third kappa shape index (κ3) is 2.97. The van der Waals surface area contributed by atoms with Crippen LogP contribution in [0, 0.1) is 0 Å². The highest BCUT2D eigenvalue weighted by Crippen LogP contribution is 2.19. The molecule has 19 heavy (non-hydrogen) atoms. The maximum Gasteiger partial charge on any atom is 0.170 e. The number of nitrogens with zero attached hydrogens (tertiary/aromatic N) is 4. The van der Waals surface area contributed by atoms with Crippen molar-refractivity contribution in [3.8, 4) is 5.69 Å². The van der Waals surface area contributed by atoms with Gasteiger partial charge in [0, 0.05) is 13.2 Å². The third-order valence-electron chi connectivity index (χ3n) is 3.13. The van der Waals surface area contributed by atoms with Gasteiger partial charge < -0.3 is 10.1 Å². The highest BCUT2D eigenvalue weighted by Gasteiger charge is 2.21. The molecule has 6 heteroatoms. The van der Waals surface area contributed by atoms with Crippen molar-refractivity contribution in [2.24, 2.45) is 0 Å². The molecular formula is C13H17N5O. The van der Waals surface area contributed by atoms with Gasteiger partial charge in [-0.1, -0.05) is 12.1 Å². The van der Waals surface area contributed by atoms with Gasteiger partial charge >= 0.3 is 0 Å². The molecule has 0 saturated heterocycles. The minimum Gasteiger partial charge on any atom is -0.380 e. The summed E-state index contributed by atoms with van der Waals surface area (Å²) in [4.78, 5) is 0. The first-order chi connectivity index (χ1) is 9.36. The van der Waals surface area contributed by atoms with Crippen LogP contribution < -0.4 is 5.32 Å². The van der Waals surface area contributed by atoms with Crippen LogP contribution in [-0.2, 0) is 17.9 Å². The second-order valence-electron chi connectivity index (χ2n) is 4.77. The first-order valence-corrected chi connectivity index (χ1v) is 6.45. The van der Waals surface area contributed by atoms with E-state index in [1.54, 1.807) is 11.8 Å². The molecule has 1 aliphatic rings. The molecule has 1 aromatic carbocycles. The number of tetrazole rings is 1. The summed E-state index contributed by atoms with van der Waals surface area (Å²) in [7, 11) is 1.69. The Morgan fingerprint density at radius 1 is 1.42 bits per heavy atom. The Hall–Kier alpha value is -1.79. The van der Waals surface area contributed by atoms with Gasteiger partial charge in [-0.15, -0.1) is 5.10 Å². The summed E-state index contributed by atoms with van der Waals surface area (Å²) in [6, 6.07) is 8.70. The first kappa shape index (κ1) is 12.3. The Labute approximate surface area is 111 Å². The predicted octanol–water partition coefficient (Wildman–Crippen LogP) is 1.06. The van der Waals surface area contributed by atoms with E-state index < -0.39 is 0 Å². The zero-order chi connectivity index (χ0) is 13.1. The SMILES string of the molecule is COCc1cccc(-n2nnnc2CNC2CC2)c1. The molecule has 0 amide bonds. The number of methoxy groups -OCH3 is 1. The van der Waals surface area contributed by atoms with Crippen molar-refractivity contribution >= 4 is 0 Å². The minimum absolute atomic E-state index is 0.589. The number of ether oxygens (including phenoxy) is 1. The van der Waals surface area contributed by atoms with Gasteiger partial charge in [-0.3, -0.25) is 0 Å². The number of hydrogen-bond acceptors (Lipinski definition) is 5. The quantitative estimate of drug-likeness (QED) is 0.840. The van der Waals surface area contributed by atoms with Crippen LogP contribution in [0.4, 0.5) is 0 Å². The fraction of sp³-hybridized carbons (Fsp3) is 0.462. The summed E-state index contributed by atoms with van der Waals surface area (Å²) in [5.74, 6) is 0.835. The van der Waals surface area contributed by atoms with Crippen LogP contribution in [0.2, 0.25) is 0 Å². The molecule has 2 aromatic rings. The highest BCUT2D eigenvalue weighted by molar-refractivity contribution is 5.35. The standard InChI is InChI=1S/C13H17N5O/c1-19-9-10-3-2-4-12(7-10)18-13(15-16-17-18)8-14-11-5-6-11/h2-4,7,11,14H,5-6,8-9H2,1H3. The zero-order valence-corrected chi connectivity index (χ0v) is 10.9. The molecule has 3 rings (SSSR count). The van der Waals surface area contributed by atoms with E-state index in [1.807, 2.05) is 24.3 Å². The average Bonchev–Trinajstić information content (AvgIpc) is 3.14. The maximum absolute atomic E-state index is 5.14. The normalized spacial score (nSPS) is 14.8. The van der Waals surface area contributed by atoms with Crippen LogP contribution in [0.3, 0.4) is 0 Å². The predicted molar refractivity (Wildman–Crippen MR) is 69.7 cm³/mol. The molecule has 1 aromatic heterocycles.